The second kappa shape index (κ2) is 6.05. The molecule has 0 saturated heterocycles. The van der Waals surface area contributed by atoms with Crippen LogP contribution in [0.15, 0.2) is 54.6 Å². The smallest absolute Gasteiger partial charge is 0.383 e. The fraction of sp³-hybridized carbons (Fsp3) is 0.286. The largest absolute Gasteiger partial charge is 0.464 e. The van der Waals surface area contributed by atoms with E-state index in [1.807, 2.05) is 42.5 Å². The third kappa shape index (κ3) is 3.17. The number of hydrogen-bond donors (Lipinski definition) is 1. The van der Waals surface area contributed by atoms with Crippen LogP contribution in [0.25, 0.3) is 5.57 Å². The van der Waals surface area contributed by atoms with Gasteiger partial charge in [-0.3, -0.25) is 0 Å². The van der Waals surface area contributed by atoms with Gasteiger partial charge in [-0.1, -0.05) is 57.2 Å². The van der Waals surface area contributed by atoms with Gasteiger partial charge in [0.25, 0.3) is 0 Å². The molecular formula is C21H22O4. The van der Waals surface area contributed by atoms with Gasteiger partial charge >= 0.3 is 11.8 Å². The Morgan fingerprint density at radius 1 is 1.12 bits per heavy atom. The molecule has 1 heterocycles. The van der Waals surface area contributed by atoms with Gasteiger partial charge < -0.3 is 14.6 Å². The zero-order valence-corrected chi connectivity index (χ0v) is 14.9. The minimum atomic E-state index is -2.14. The van der Waals surface area contributed by atoms with Crippen molar-refractivity contribution in [3.8, 4) is 5.75 Å². The van der Waals surface area contributed by atoms with E-state index in [0.717, 1.165) is 22.3 Å². The summed E-state index contributed by atoms with van der Waals surface area (Å²) in [5, 5.41) is 10.7. The molecule has 0 radical (unpaired) electrons. The summed E-state index contributed by atoms with van der Waals surface area (Å²) >= 11 is 0. The van der Waals surface area contributed by atoms with E-state index in [9.17, 15) is 9.90 Å². The van der Waals surface area contributed by atoms with Crippen LogP contribution < -0.4 is 4.74 Å². The first kappa shape index (κ1) is 17.2. The van der Waals surface area contributed by atoms with E-state index in [0.29, 0.717) is 5.75 Å². The SMILES string of the molecule is COC(=O)C1(O)C=C(c2ccccc2)c2cc(C(C)(C)C)ccc2O1. The van der Waals surface area contributed by atoms with Crippen molar-refractivity contribution in [2.24, 2.45) is 0 Å². The molecule has 2 aromatic carbocycles. The number of fused-ring (bicyclic) bond motifs is 1. The summed E-state index contributed by atoms with van der Waals surface area (Å²) in [7, 11) is 1.22. The molecule has 4 heteroatoms. The first-order valence-corrected chi connectivity index (χ1v) is 8.17. The molecule has 3 rings (SSSR count). The lowest BCUT2D eigenvalue weighted by atomic mass is 9.83. The van der Waals surface area contributed by atoms with Crippen molar-refractivity contribution in [2.75, 3.05) is 7.11 Å². The lowest BCUT2D eigenvalue weighted by molar-refractivity contribution is -0.183. The molecule has 1 aliphatic heterocycles. The Morgan fingerprint density at radius 3 is 2.40 bits per heavy atom. The molecule has 0 aromatic heterocycles. The number of hydrogen-bond acceptors (Lipinski definition) is 4. The third-order valence-electron chi connectivity index (χ3n) is 4.30. The number of rotatable bonds is 2. The van der Waals surface area contributed by atoms with E-state index >= 15 is 0 Å². The number of benzene rings is 2. The summed E-state index contributed by atoms with van der Waals surface area (Å²) in [6, 6.07) is 15.4. The van der Waals surface area contributed by atoms with Crippen molar-refractivity contribution in [3.63, 3.8) is 0 Å². The number of esters is 1. The molecule has 0 aliphatic carbocycles. The lowest BCUT2D eigenvalue weighted by Gasteiger charge is -2.31. The standard InChI is InChI=1S/C21H22O4/c1-20(2,3)15-10-11-18-16(12-15)17(14-8-6-5-7-9-14)13-21(23,25-18)19(22)24-4/h5-13,23H,1-4H3. The molecule has 1 N–H and O–H groups in total. The van der Waals surface area contributed by atoms with E-state index < -0.39 is 11.8 Å². The summed E-state index contributed by atoms with van der Waals surface area (Å²) in [6.45, 7) is 6.40. The van der Waals surface area contributed by atoms with Gasteiger partial charge in [0, 0.05) is 11.6 Å². The van der Waals surface area contributed by atoms with Gasteiger partial charge in [-0.15, -0.1) is 0 Å². The van der Waals surface area contributed by atoms with Crippen molar-refractivity contribution in [2.45, 2.75) is 32.0 Å². The van der Waals surface area contributed by atoms with E-state index in [1.54, 1.807) is 6.07 Å². The first-order chi connectivity index (χ1) is 11.7. The van der Waals surface area contributed by atoms with Crippen molar-refractivity contribution < 1.29 is 19.4 Å². The summed E-state index contributed by atoms with van der Waals surface area (Å²) < 4.78 is 10.3. The molecule has 2 aromatic rings. The molecule has 25 heavy (non-hydrogen) atoms. The number of aliphatic hydroxyl groups is 1. The van der Waals surface area contributed by atoms with Crippen LogP contribution in [-0.4, -0.2) is 24.0 Å². The Morgan fingerprint density at radius 2 is 1.80 bits per heavy atom. The van der Waals surface area contributed by atoms with Crippen molar-refractivity contribution in [1.29, 1.82) is 0 Å². The van der Waals surface area contributed by atoms with Crippen molar-refractivity contribution >= 4 is 11.5 Å². The predicted molar refractivity (Wildman–Crippen MR) is 96.3 cm³/mol. The Hall–Kier alpha value is -2.59. The highest BCUT2D eigenvalue weighted by molar-refractivity contribution is 5.91. The zero-order valence-electron chi connectivity index (χ0n) is 14.9. The van der Waals surface area contributed by atoms with Gasteiger partial charge in [0.15, 0.2) is 0 Å². The molecule has 0 bridgehead atoms. The maximum absolute atomic E-state index is 12.1. The Bertz CT molecular complexity index is 831. The van der Waals surface area contributed by atoms with Crippen LogP contribution in [0.4, 0.5) is 0 Å². The van der Waals surface area contributed by atoms with Gasteiger partial charge in [0.05, 0.1) is 7.11 Å². The average Bonchev–Trinajstić information content (AvgIpc) is 2.59. The summed E-state index contributed by atoms with van der Waals surface area (Å²) in [6.07, 6.45) is 1.42. The maximum atomic E-state index is 12.1. The highest BCUT2D eigenvalue weighted by Gasteiger charge is 2.42. The predicted octanol–water partition coefficient (Wildman–Crippen LogP) is 3.67. The Labute approximate surface area is 147 Å². The molecular weight excluding hydrogens is 316 g/mol. The van der Waals surface area contributed by atoms with E-state index in [1.165, 1.54) is 13.2 Å². The minimum absolute atomic E-state index is 0.0348. The molecule has 0 saturated carbocycles. The van der Waals surface area contributed by atoms with E-state index in [-0.39, 0.29) is 5.41 Å². The second-order valence-corrected chi connectivity index (χ2v) is 7.18. The molecule has 4 nitrogen and oxygen atoms in total. The fourth-order valence-electron chi connectivity index (χ4n) is 2.87. The highest BCUT2D eigenvalue weighted by atomic mass is 16.7. The molecule has 130 valence electrons. The van der Waals surface area contributed by atoms with Crippen LogP contribution >= 0.6 is 0 Å². The molecule has 1 aliphatic rings. The Balaban J connectivity index is 2.22. The van der Waals surface area contributed by atoms with Gasteiger partial charge in [-0.2, -0.15) is 0 Å². The molecule has 1 unspecified atom stereocenters. The fourth-order valence-corrected chi connectivity index (χ4v) is 2.87. The zero-order chi connectivity index (χ0) is 18.2. The maximum Gasteiger partial charge on any atom is 0.383 e. The van der Waals surface area contributed by atoms with Gasteiger partial charge in [0.2, 0.25) is 0 Å². The van der Waals surface area contributed by atoms with Crippen LogP contribution in [0.5, 0.6) is 5.75 Å². The number of carbonyl (C=O) groups is 1. The monoisotopic (exact) mass is 338 g/mol. The van der Waals surface area contributed by atoms with Gasteiger partial charge in [-0.25, -0.2) is 4.79 Å². The van der Waals surface area contributed by atoms with Gasteiger partial charge in [-0.05, 0) is 34.2 Å². The molecule has 0 amide bonds. The third-order valence-corrected chi connectivity index (χ3v) is 4.30. The quantitative estimate of drug-likeness (QED) is 0.849. The minimum Gasteiger partial charge on any atom is -0.464 e. The van der Waals surface area contributed by atoms with Crippen LogP contribution in [0.1, 0.15) is 37.5 Å². The van der Waals surface area contributed by atoms with E-state index in [4.69, 9.17) is 9.47 Å². The summed E-state index contributed by atoms with van der Waals surface area (Å²) in [5.74, 6) is -2.55. The highest BCUT2D eigenvalue weighted by Crippen LogP contribution is 2.41. The van der Waals surface area contributed by atoms with Gasteiger partial charge in [0.1, 0.15) is 5.75 Å². The molecule has 0 spiro atoms. The number of carbonyl (C=O) groups excluding carboxylic acids is 1. The topological polar surface area (TPSA) is 55.8 Å². The van der Waals surface area contributed by atoms with Crippen LogP contribution in [0.3, 0.4) is 0 Å². The van der Waals surface area contributed by atoms with E-state index in [2.05, 4.69) is 20.8 Å². The summed E-state index contributed by atoms with van der Waals surface area (Å²) in [4.78, 5) is 12.1. The molecule has 1 atom stereocenters. The number of methoxy groups -OCH3 is 1. The number of ether oxygens (including phenoxy) is 2. The average molecular weight is 338 g/mol. The first-order valence-electron chi connectivity index (χ1n) is 8.17. The summed E-state index contributed by atoms with van der Waals surface area (Å²) in [5.41, 5.74) is 3.57. The Kier molecular flexibility index (Phi) is 4.17. The van der Waals surface area contributed by atoms with Crippen LogP contribution in [0.2, 0.25) is 0 Å². The second-order valence-electron chi connectivity index (χ2n) is 7.18. The van der Waals surface area contributed by atoms with Crippen molar-refractivity contribution in [1.82, 2.24) is 0 Å². The molecule has 0 fully saturated rings. The van der Waals surface area contributed by atoms with Crippen LogP contribution in [-0.2, 0) is 14.9 Å². The van der Waals surface area contributed by atoms with Crippen LogP contribution in [0, 0.1) is 0 Å². The normalized spacial score (nSPS) is 19.5. The lowest BCUT2D eigenvalue weighted by Crippen LogP contribution is -2.45. The van der Waals surface area contributed by atoms with Crippen molar-refractivity contribution in [3.05, 3.63) is 71.3 Å².